The molecular formula is C128H174Cl3F4IN10O. The first-order valence-corrected chi connectivity index (χ1v) is 53.0. The van der Waals surface area contributed by atoms with Crippen LogP contribution in [-0.2, 0) is 64.4 Å². The summed E-state index contributed by atoms with van der Waals surface area (Å²) in [6.45, 7) is 85.8. The van der Waals surface area contributed by atoms with Crippen LogP contribution in [0.2, 0.25) is 15.1 Å². The molecule has 0 aromatic heterocycles. The van der Waals surface area contributed by atoms with Crippen molar-refractivity contribution in [3.8, 4) is 5.75 Å². The van der Waals surface area contributed by atoms with Gasteiger partial charge < -0.3 is 55.9 Å². The molecule has 0 amide bonds. The molecule has 0 heterocycles. The molecule has 0 fully saturated rings. The molecular weight excluding hydrogens is 2000 g/mol. The number of halogens is 8. The molecule has 10 aromatic rings. The van der Waals surface area contributed by atoms with E-state index in [4.69, 9.17) is 92.0 Å². The molecule has 0 aliphatic heterocycles. The van der Waals surface area contributed by atoms with Crippen molar-refractivity contribution < 1.29 is 22.3 Å². The number of nitrogens with one attached hydrogen (secondary N) is 1. The first-order chi connectivity index (χ1) is 68.8. The Hall–Kier alpha value is -9.89. The van der Waals surface area contributed by atoms with Crippen LogP contribution in [0.15, 0.2) is 346 Å². The van der Waals surface area contributed by atoms with Gasteiger partial charge in [-0.3, -0.25) is 0 Å². The van der Waals surface area contributed by atoms with Crippen LogP contribution in [0.1, 0.15) is 193 Å². The van der Waals surface area contributed by atoms with Crippen molar-refractivity contribution in [3.63, 3.8) is 0 Å². The molecule has 0 aliphatic carbocycles. The summed E-state index contributed by atoms with van der Waals surface area (Å²) in [7, 11) is 2.00. The molecule has 798 valence electrons. The van der Waals surface area contributed by atoms with Crippen molar-refractivity contribution in [1.29, 1.82) is 0 Å². The standard InChI is InChI=1S/C21H27NO.C15H20N2.C14H21N.C13H17ClFN.2C13H18ClN.C13H17F2N.C13H18FN.C13H18IN/c1-16(2)17(3)21(22-4)14-18-10-12-20(13-11-18)23-15-19-8-6-5-7-9-19;1-11(15(2,3)4)14(16)10-12-6-8-13(17-5)9-7-12;1-10(2)12(4)14(15)9-13-7-5-11(3)6-8-13;1-8(2)9(3)13(16)7-10-4-5-11(14)12(15)6-10;2*1-9(2)10(3)13(15)8-11-4-6-12(14)7-5-11;1-8(2)9(3)13(16)7-10-4-5-11(14)12(15)6-10;2*1-9(2)10(3)13(15)8-11-4-6-12(14)7-5-11/h5-13,16,21-22H,3,14-15H2,1-2,4H3;6-9,14H,1,10,16H2,2-4H3;5-8,10,14H,4,9,15H2,1-3H3;4-6,8,13H,3,7,16H2,1-2H3;2*4-7,9,13H,3,8,15H2,1-2H3;4-6,8,13H,3,7,16H2,1-2H3;2*4-7,9,13H,3,8,15H2,1-2H3/t21-;2*14-;6*13-/m111110111/s1. The number of benzene rings is 10. The number of likely N-dealkylation sites (N-methyl/N-ethyl adjacent to an activating group) is 1. The second-order valence-corrected chi connectivity index (χ2v) is 43.9. The van der Waals surface area contributed by atoms with Gasteiger partial charge in [-0.15, -0.1) is 0 Å². The highest BCUT2D eigenvalue weighted by Gasteiger charge is 2.23. The summed E-state index contributed by atoms with van der Waals surface area (Å²) >= 11 is 19.5. The number of rotatable bonds is 39. The Morgan fingerprint density at radius 1 is 0.333 bits per heavy atom. The number of ether oxygens (including phenoxy) is 1. The molecule has 11 nitrogen and oxygen atoms in total. The molecule has 0 aliphatic rings. The molecule has 0 bridgehead atoms. The third-order valence-electron chi connectivity index (χ3n) is 25.5. The van der Waals surface area contributed by atoms with E-state index in [1.54, 1.807) is 30.3 Å². The number of nitrogens with two attached hydrogens (primary N) is 8. The highest BCUT2D eigenvalue weighted by atomic mass is 127. The smallest absolute Gasteiger partial charge is 0.187 e. The van der Waals surface area contributed by atoms with E-state index in [2.05, 4.69) is 276 Å². The fourth-order valence-electron chi connectivity index (χ4n) is 14.4. The largest absolute Gasteiger partial charge is 0.489 e. The minimum atomic E-state index is -0.833. The lowest BCUT2D eigenvalue weighted by Crippen LogP contribution is -2.31. The van der Waals surface area contributed by atoms with Crippen LogP contribution >= 0.6 is 57.4 Å². The third kappa shape index (κ3) is 53.9. The highest BCUT2D eigenvalue weighted by Crippen LogP contribution is 2.30. The van der Waals surface area contributed by atoms with E-state index in [0.29, 0.717) is 84.1 Å². The van der Waals surface area contributed by atoms with Gasteiger partial charge in [0.05, 0.1) is 11.6 Å². The molecule has 0 spiro atoms. The maximum absolute atomic E-state index is 13.2. The van der Waals surface area contributed by atoms with Gasteiger partial charge in [0.15, 0.2) is 17.3 Å². The summed E-state index contributed by atoms with van der Waals surface area (Å²) in [6, 6.07) is 74.0. The van der Waals surface area contributed by atoms with Crippen molar-refractivity contribution in [3.05, 3.63) is 460 Å². The summed E-state index contributed by atoms with van der Waals surface area (Å²) in [6.07, 6.45) is 6.94. The van der Waals surface area contributed by atoms with Crippen LogP contribution in [0.3, 0.4) is 0 Å². The van der Waals surface area contributed by atoms with Crippen LogP contribution < -0.4 is 55.9 Å². The number of hydrogen-bond acceptors (Lipinski definition) is 10. The van der Waals surface area contributed by atoms with Gasteiger partial charge in [-0.2, -0.15) is 0 Å². The van der Waals surface area contributed by atoms with E-state index in [-0.39, 0.29) is 64.6 Å². The fourth-order valence-corrected chi connectivity index (χ4v) is 15.1. The Morgan fingerprint density at radius 3 is 0.912 bits per heavy atom. The Labute approximate surface area is 912 Å². The van der Waals surface area contributed by atoms with Crippen molar-refractivity contribution >= 4 is 63.1 Å². The first-order valence-electron chi connectivity index (χ1n) is 50.8. The number of nitrogens with zero attached hydrogens (tertiary/aromatic N) is 1. The van der Waals surface area contributed by atoms with Gasteiger partial charge in [-0.25, -0.2) is 22.4 Å². The predicted octanol–water partition coefficient (Wildman–Crippen LogP) is 31.1. The molecule has 10 aromatic carbocycles. The average molecular weight is 2180 g/mol. The molecule has 0 unspecified atom stereocenters. The summed E-state index contributed by atoms with van der Waals surface area (Å²) < 4.78 is 58.6. The van der Waals surface area contributed by atoms with Gasteiger partial charge in [0.1, 0.15) is 24.0 Å². The summed E-state index contributed by atoms with van der Waals surface area (Å²) in [5.41, 5.74) is 71.2. The van der Waals surface area contributed by atoms with Gasteiger partial charge >= 0.3 is 0 Å². The van der Waals surface area contributed by atoms with Crippen molar-refractivity contribution in [2.45, 2.75) is 257 Å². The van der Waals surface area contributed by atoms with E-state index in [1.165, 1.54) is 72.4 Å². The second kappa shape index (κ2) is 69.5. The summed E-state index contributed by atoms with van der Waals surface area (Å²) in [4.78, 5) is 3.37. The lowest BCUT2D eigenvalue weighted by Gasteiger charge is -2.27. The maximum atomic E-state index is 13.2. The minimum absolute atomic E-state index is 0.0335. The van der Waals surface area contributed by atoms with E-state index in [1.807, 2.05) is 138 Å². The highest BCUT2D eigenvalue weighted by molar-refractivity contribution is 14.1. The lowest BCUT2D eigenvalue weighted by atomic mass is 9.81. The van der Waals surface area contributed by atoms with E-state index in [9.17, 15) is 17.6 Å². The zero-order chi connectivity index (χ0) is 111. The van der Waals surface area contributed by atoms with Gasteiger partial charge in [-0.05, 0) is 288 Å². The molecule has 0 saturated heterocycles. The molecule has 10 rings (SSSR count). The Morgan fingerprint density at radius 2 is 0.605 bits per heavy atom. The SMILES string of the molecule is C=C(C(C)C)[C@@H](Cc1ccc(OCc2ccccc2)cc1)NC.C=C(C(C)C)[C@@H](N)Cc1ccc(Cl)cc1.C=C(C(C)C)[C@H](N)Cc1ccc(C)cc1.C=C(C(C)C)[C@H](N)Cc1ccc(Cl)c(F)c1.C=C(C(C)C)[C@H](N)Cc1ccc(Cl)cc1.C=C(C(C)C)[C@H](N)Cc1ccc(F)c(F)c1.C=C(C(C)C)[C@H](N)Cc1ccc(F)cc1.C=C(C(C)C)[C@H](N)Cc1ccc(I)cc1.[C-]#[N+]c1ccc(C[C@@H](N)C(=C)C(C)(C)C)cc1. The quantitative estimate of drug-likeness (QED) is 0.00765. The van der Waals surface area contributed by atoms with Gasteiger partial charge in [0.25, 0.3) is 0 Å². The maximum Gasteiger partial charge on any atom is 0.187 e. The minimum Gasteiger partial charge on any atom is -0.489 e. The number of hydrogen-bond donors (Lipinski definition) is 9. The topological polar surface area (TPSA) is 234 Å². The molecule has 19 heteroatoms. The Bertz CT molecular complexity index is 5170. The van der Waals surface area contributed by atoms with E-state index < -0.39 is 17.5 Å². The van der Waals surface area contributed by atoms with Crippen LogP contribution in [0.25, 0.3) is 4.85 Å². The zero-order valence-electron chi connectivity index (χ0n) is 91.8. The van der Waals surface area contributed by atoms with Gasteiger partial charge in [0.2, 0.25) is 0 Å². The van der Waals surface area contributed by atoms with Crippen LogP contribution in [0, 0.1) is 93.1 Å². The Kier molecular flexibility index (Phi) is 62.9. The normalized spacial score (nSPS) is 12.8. The average Bonchev–Trinajstić information content (AvgIpc) is 0.868. The molecule has 9 atom stereocenters. The zero-order valence-corrected chi connectivity index (χ0v) is 96.2. The molecule has 147 heavy (non-hydrogen) atoms. The van der Waals surface area contributed by atoms with E-state index in [0.717, 1.165) is 128 Å². The van der Waals surface area contributed by atoms with Crippen molar-refractivity contribution in [2.75, 3.05) is 7.05 Å². The van der Waals surface area contributed by atoms with Crippen molar-refractivity contribution in [2.24, 2.45) is 98.6 Å². The van der Waals surface area contributed by atoms with Crippen LogP contribution in [0.4, 0.5) is 23.2 Å². The molecule has 0 radical (unpaired) electrons. The monoisotopic (exact) mass is 2180 g/mol. The van der Waals surface area contributed by atoms with Crippen LogP contribution in [0.5, 0.6) is 5.75 Å². The van der Waals surface area contributed by atoms with Gasteiger partial charge in [-0.1, -0.05) is 433 Å². The summed E-state index contributed by atoms with van der Waals surface area (Å²) in [5.74, 6) is 1.93. The summed E-state index contributed by atoms with van der Waals surface area (Å²) in [5, 5.41) is 5.02. The van der Waals surface area contributed by atoms with Crippen molar-refractivity contribution in [1.82, 2.24) is 5.32 Å². The lowest BCUT2D eigenvalue weighted by molar-refractivity contribution is 0.306. The molecule has 0 saturated carbocycles. The first kappa shape index (κ1) is 133. The third-order valence-corrected chi connectivity index (χ3v) is 27.1. The fraction of sp³-hybridized carbons (Fsp3) is 0.383. The van der Waals surface area contributed by atoms with Gasteiger partial charge in [0, 0.05) is 68.0 Å². The predicted molar refractivity (Wildman–Crippen MR) is 638 cm³/mol. The molecule has 17 N–H and O–H groups in total. The van der Waals surface area contributed by atoms with E-state index >= 15 is 0 Å². The van der Waals surface area contributed by atoms with Crippen LogP contribution in [-0.4, -0.2) is 61.4 Å². The Balaban J connectivity index is 0.000000561. The second-order valence-electron chi connectivity index (χ2n) is 41.3. The number of aryl methyl sites for hydroxylation is 1.